The van der Waals surface area contributed by atoms with Crippen molar-refractivity contribution >= 4 is 11.6 Å². The van der Waals surface area contributed by atoms with Gasteiger partial charge in [0, 0.05) is 12.1 Å². The zero-order valence-corrected chi connectivity index (χ0v) is 12.3. The van der Waals surface area contributed by atoms with Gasteiger partial charge in [0.05, 0.1) is 23.2 Å². The number of amides is 1. The highest BCUT2D eigenvalue weighted by molar-refractivity contribution is 5.98. The van der Waals surface area contributed by atoms with Gasteiger partial charge in [-0.05, 0) is 33.3 Å². The Balaban J connectivity index is 3.03. The third kappa shape index (κ3) is 4.71. The van der Waals surface area contributed by atoms with E-state index in [1.165, 1.54) is 18.2 Å². The zero-order valence-electron chi connectivity index (χ0n) is 12.3. The molecule has 0 heterocycles. The average Bonchev–Trinajstić information content (AvgIpc) is 2.37. The van der Waals surface area contributed by atoms with Crippen molar-refractivity contribution in [3.63, 3.8) is 0 Å². The molecule has 7 heteroatoms. The van der Waals surface area contributed by atoms with E-state index in [9.17, 15) is 20.0 Å². The van der Waals surface area contributed by atoms with Crippen molar-refractivity contribution < 1.29 is 19.6 Å². The molecule has 0 bridgehead atoms. The Morgan fingerprint density at radius 3 is 2.67 bits per heavy atom. The highest BCUT2D eigenvalue weighted by Crippen LogP contribution is 2.31. The molecule has 0 aliphatic carbocycles. The quantitative estimate of drug-likeness (QED) is 0.591. The first kappa shape index (κ1) is 16.9. The molecule has 1 aromatic rings. The number of rotatable bonds is 7. The maximum Gasteiger partial charge on any atom is 0.311 e. The van der Waals surface area contributed by atoms with E-state index in [2.05, 4.69) is 5.32 Å². The largest absolute Gasteiger partial charge is 0.487 e. The van der Waals surface area contributed by atoms with Crippen LogP contribution in [0.2, 0.25) is 0 Å². The molecular weight excluding hydrogens is 276 g/mol. The van der Waals surface area contributed by atoms with Crippen molar-refractivity contribution in [2.75, 3.05) is 6.61 Å². The Kier molecular flexibility index (Phi) is 6.10. The monoisotopic (exact) mass is 296 g/mol. The van der Waals surface area contributed by atoms with Crippen LogP contribution in [0.3, 0.4) is 0 Å². The number of ether oxygens (including phenoxy) is 1. The minimum atomic E-state index is -0.582. The lowest BCUT2D eigenvalue weighted by Gasteiger charge is -2.16. The van der Waals surface area contributed by atoms with Gasteiger partial charge < -0.3 is 15.2 Å². The average molecular weight is 296 g/mol. The first-order chi connectivity index (χ1) is 9.86. The predicted octanol–water partition coefficient (Wildman–Crippen LogP) is 1.88. The van der Waals surface area contributed by atoms with Crippen molar-refractivity contribution in [2.24, 2.45) is 0 Å². The summed E-state index contributed by atoms with van der Waals surface area (Å²) >= 11 is 0. The van der Waals surface area contributed by atoms with E-state index in [4.69, 9.17) is 4.74 Å². The second-order valence-corrected chi connectivity index (χ2v) is 4.80. The highest BCUT2D eigenvalue weighted by atomic mass is 16.6. The fourth-order valence-electron chi connectivity index (χ4n) is 2.02. The standard InChI is InChI=1S/C14H20N2O5/c1-4-21-13-11(6-5-7-12(13)16(19)20)14(18)15-9(2)8-10(3)17/h5-7,9-10,17H,4,8H2,1-3H3,(H,15,18). The molecule has 1 rings (SSSR count). The second-order valence-electron chi connectivity index (χ2n) is 4.80. The molecule has 0 aromatic heterocycles. The molecule has 0 radical (unpaired) electrons. The van der Waals surface area contributed by atoms with E-state index in [0.717, 1.165) is 0 Å². The lowest BCUT2D eigenvalue weighted by Crippen LogP contribution is -2.34. The van der Waals surface area contributed by atoms with Crippen LogP contribution in [0, 0.1) is 10.1 Å². The number of aliphatic hydroxyl groups is 1. The molecule has 7 nitrogen and oxygen atoms in total. The molecule has 2 unspecified atom stereocenters. The van der Waals surface area contributed by atoms with Crippen LogP contribution in [-0.4, -0.2) is 34.7 Å². The Bertz CT molecular complexity index is 516. The van der Waals surface area contributed by atoms with E-state index in [1.54, 1.807) is 20.8 Å². The molecule has 1 aromatic carbocycles. The van der Waals surface area contributed by atoms with Crippen LogP contribution in [0.15, 0.2) is 18.2 Å². The predicted molar refractivity (Wildman–Crippen MR) is 77.5 cm³/mol. The Morgan fingerprint density at radius 2 is 2.14 bits per heavy atom. The minimum Gasteiger partial charge on any atom is -0.487 e. The number of carbonyl (C=O) groups is 1. The zero-order chi connectivity index (χ0) is 16.0. The van der Waals surface area contributed by atoms with Gasteiger partial charge in [-0.2, -0.15) is 0 Å². The van der Waals surface area contributed by atoms with Gasteiger partial charge in [-0.15, -0.1) is 0 Å². The summed E-state index contributed by atoms with van der Waals surface area (Å²) in [6.45, 7) is 5.28. The number of para-hydroxylation sites is 1. The number of carbonyl (C=O) groups excluding carboxylic acids is 1. The second kappa shape index (κ2) is 7.58. The maximum atomic E-state index is 12.2. The van der Waals surface area contributed by atoms with Gasteiger partial charge in [0.1, 0.15) is 0 Å². The molecule has 0 saturated carbocycles. The third-order valence-electron chi connectivity index (χ3n) is 2.80. The molecular formula is C14H20N2O5. The third-order valence-corrected chi connectivity index (χ3v) is 2.80. The topological polar surface area (TPSA) is 102 Å². The summed E-state index contributed by atoms with van der Waals surface area (Å²) in [6.07, 6.45) is -0.151. The SMILES string of the molecule is CCOc1c(C(=O)NC(C)CC(C)O)cccc1[N+](=O)[O-]. The number of nitro groups is 1. The van der Waals surface area contributed by atoms with Gasteiger partial charge in [-0.1, -0.05) is 6.07 Å². The molecule has 0 aliphatic heterocycles. The van der Waals surface area contributed by atoms with Crippen LogP contribution in [0.1, 0.15) is 37.6 Å². The molecule has 0 spiro atoms. The summed E-state index contributed by atoms with van der Waals surface area (Å²) in [5.41, 5.74) is -0.129. The number of nitro benzene ring substituents is 1. The lowest BCUT2D eigenvalue weighted by molar-refractivity contribution is -0.385. The Morgan fingerprint density at radius 1 is 1.48 bits per heavy atom. The maximum absolute atomic E-state index is 12.2. The first-order valence-corrected chi connectivity index (χ1v) is 6.75. The minimum absolute atomic E-state index is 0.0354. The van der Waals surface area contributed by atoms with E-state index < -0.39 is 16.9 Å². The molecule has 2 N–H and O–H groups in total. The summed E-state index contributed by atoms with van der Waals surface area (Å²) in [4.78, 5) is 22.6. The van der Waals surface area contributed by atoms with Crippen molar-refractivity contribution in [2.45, 2.75) is 39.3 Å². The number of nitrogens with one attached hydrogen (secondary N) is 1. The summed E-state index contributed by atoms with van der Waals surface area (Å²) in [5, 5.41) is 23.0. The Labute approximate surface area is 123 Å². The van der Waals surface area contributed by atoms with E-state index in [1.807, 2.05) is 0 Å². The summed E-state index contributed by atoms with van der Waals surface area (Å²) in [5.74, 6) is -0.498. The van der Waals surface area contributed by atoms with Crippen LogP contribution < -0.4 is 10.1 Å². The smallest absolute Gasteiger partial charge is 0.311 e. The summed E-state index contributed by atoms with van der Waals surface area (Å²) in [7, 11) is 0. The molecule has 0 aliphatic rings. The van der Waals surface area contributed by atoms with Crippen molar-refractivity contribution in [3.05, 3.63) is 33.9 Å². The van der Waals surface area contributed by atoms with Gasteiger partial charge in [0.15, 0.2) is 0 Å². The first-order valence-electron chi connectivity index (χ1n) is 6.75. The molecule has 2 atom stereocenters. The van der Waals surface area contributed by atoms with Crippen LogP contribution in [-0.2, 0) is 0 Å². The van der Waals surface area contributed by atoms with Gasteiger partial charge in [0.25, 0.3) is 5.91 Å². The van der Waals surface area contributed by atoms with Crippen LogP contribution in [0.5, 0.6) is 5.75 Å². The number of benzene rings is 1. The van der Waals surface area contributed by atoms with Gasteiger partial charge >= 0.3 is 5.69 Å². The fourth-order valence-corrected chi connectivity index (χ4v) is 2.02. The molecule has 0 fully saturated rings. The van der Waals surface area contributed by atoms with E-state index >= 15 is 0 Å². The lowest BCUT2D eigenvalue weighted by atomic mass is 10.1. The molecule has 0 saturated heterocycles. The highest BCUT2D eigenvalue weighted by Gasteiger charge is 2.23. The Hall–Kier alpha value is -2.15. The van der Waals surface area contributed by atoms with Gasteiger partial charge in [0.2, 0.25) is 5.75 Å². The summed E-state index contributed by atoms with van der Waals surface area (Å²) in [6, 6.07) is 3.95. The van der Waals surface area contributed by atoms with Crippen molar-refractivity contribution in [1.29, 1.82) is 0 Å². The van der Waals surface area contributed by atoms with Crippen LogP contribution >= 0.6 is 0 Å². The van der Waals surface area contributed by atoms with E-state index in [-0.39, 0.29) is 29.6 Å². The summed E-state index contributed by atoms with van der Waals surface area (Å²) < 4.78 is 5.26. The number of hydrogen-bond donors (Lipinski definition) is 2. The van der Waals surface area contributed by atoms with E-state index in [0.29, 0.717) is 6.42 Å². The fraction of sp³-hybridized carbons (Fsp3) is 0.500. The van der Waals surface area contributed by atoms with Crippen LogP contribution in [0.25, 0.3) is 0 Å². The normalized spacial score (nSPS) is 13.3. The van der Waals surface area contributed by atoms with Crippen molar-refractivity contribution in [3.8, 4) is 5.75 Å². The van der Waals surface area contributed by atoms with Crippen LogP contribution in [0.4, 0.5) is 5.69 Å². The van der Waals surface area contributed by atoms with Gasteiger partial charge in [-0.25, -0.2) is 0 Å². The number of nitrogens with zero attached hydrogens (tertiary/aromatic N) is 1. The number of aliphatic hydroxyl groups excluding tert-OH is 1. The molecule has 21 heavy (non-hydrogen) atoms. The molecule has 116 valence electrons. The van der Waals surface area contributed by atoms with Gasteiger partial charge in [-0.3, -0.25) is 14.9 Å². The number of hydrogen-bond acceptors (Lipinski definition) is 5. The van der Waals surface area contributed by atoms with Crippen molar-refractivity contribution in [1.82, 2.24) is 5.32 Å². The molecule has 1 amide bonds.